The van der Waals surface area contributed by atoms with Gasteiger partial charge in [-0.25, -0.2) is 0 Å². The van der Waals surface area contributed by atoms with Gasteiger partial charge in [0.25, 0.3) is 0 Å². The molecule has 15 heavy (non-hydrogen) atoms. The van der Waals surface area contributed by atoms with Crippen LogP contribution in [0.5, 0.6) is 0 Å². The molecule has 1 saturated carbocycles. The van der Waals surface area contributed by atoms with Crippen LogP contribution in [-0.4, -0.2) is 48.3 Å². The molecule has 0 aromatic heterocycles. The summed E-state index contributed by atoms with van der Waals surface area (Å²) in [5.74, 6) is 0. The highest BCUT2D eigenvalue weighted by molar-refractivity contribution is 4.85. The standard InChI is InChI=1S/C12H26N2O/c1-4-13-12(2,10-15)8-9-14(3)11-6-5-7-11/h11,13,15H,4-10H2,1-3H3. The molecule has 1 rings (SSSR count). The fraction of sp³-hybridized carbons (Fsp3) is 1.00. The fourth-order valence-electron chi connectivity index (χ4n) is 2.08. The van der Waals surface area contributed by atoms with Crippen LogP contribution in [0.3, 0.4) is 0 Å². The second-order valence-electron chi connectivity index (χ2n) is 5.06. The maximum absolute atomic E-state index is 9.36. The predicted octanol–water partition coefficient (Wildman–Crippen LogP) is 1.22. The Morgan fingerprint density at radius 1 is 1.47 bits per heavy atom. The normalized spacial score (nSPS) is 21.4. The molecule has 1 aliphatic rings. The molecule has 1 unspecified atom stereocenters. The van der Waals surface area contributed by atoms with E-state index in [9.17, 15) is 5.11 Å². The van der Waals surface area contributed by atoms with E-state index < -0.39 is 0 Å². The van der Waals surface area contributed by atoms with Crippen LogP contribution in [0.1, 0.15) is 39.5 Å². The van der Waals surface area contributed by atoms with Crippen LogP contribution in [0.15, 0.2) is 0 Å². The Morgan fingerprint density at radius 3 is 2.53 bits per heavy atom. The molecule has 1 aliphatic carbocycles. The van der Waals surface area contributed by atoms with Crippen LogP contribution >= 0.6 is 0 Å². The van der Waals surface area contributed by atoms with Crippen molar-refractivity contribution in [2.45, 2.75) is 51.1 Å². The van der Waals surface area contributed by atoms with E-state index in [0.29, 0.717) is 0 Å². The van der Waals surface area contributed by atoms with Crippen LogP contribution in [0.25, 0.3) is 0 Å². The molecular weight excluding hydrogens is 188 g/mol. The van der Waals surface area contributed by atoms with Gasteiger partial charge in [-0.15, -0.1) is 0 Å². The number of nitrogens with zero attached hydrogens (tertiary/aromatic N) is 1. The first kappa shape index (κ1) is 12.9. The lowest BCUT2D eigenvalue weighted by atomic mass is 9.91. The second-order valence-corrected chi connectivity index (χ2v) is 5.06. The monoisotopic (exact) mass is 214 g/mol. The summed E-state index contributed by atoms with van der Waals surface area (Å²) < 4.78 is 0. The summed E-state index contributed by atoms with van der Waals surface area (Å²) in [7, 11) is 2.20. The number of likely N-dealkylation sites (N-methyl/N-ethyl adjacent to an activating group) is 1. The van der Waals surface area contributed by atoms with Gasteiger partial charge in [0.15, 0.2) is 0 Å². The summed E-state index contributed by atoms with van der Waals surface area (Å²) in [6, 6.07) is 0.801. The van der Waals surface area contributed by atoms with Crippen molar-refractivity contribution in [1.29, 1.82) is 0 Å². The minimum atomic E-state index is -0.104. The molecule has 1 atom stereocenters. The lowest BCUT2D eigenvalue weighted by Crippen LogP contribution is -2.49. The highest BCUT2D eigenvalue weighted by Crippen LogP contribution is 2.24. The van der Waals surface area contributed by atoms with Crippen molar-refractivity contribution in [3.63, 3.8) is 0 Å². The van der Waals surface area contributed by atoms with Gasteiger partial charge in [0.05, 0.1) is 6.61 Å². The van der Waals surface area contributed by atoms with Crippen molar-refractivity contribution in [3.8, 4) is 0 Å². The number of rotatable bonds is 7. The zero-order valence-corrected chi connectivity index (χ0v) is 10.4. The average Bonchev–Trinajstić information content (AvgIpc) is 2.13. The third-order valence-electron chi connectivity index (χ3n) is 3.67. The molecule has 2 N–H and O–H groups in total. The van der Waals surface area contributed by atoms with Gasteiger partial charge in [-0.2, -0.15) is 0 Å². The van der Waals surface area contributed by atoms with E-state index in [1.165, 1.54) is 19.3 Å². The van der Waals surface area contributed by atoms with Gasteiger partial charge in [0.2, 0.25) is 0 Å². The summed E-state index contributed by atoms with van der Waals surface area (Å²) in [6.07, 6.45) is 5.12. The van der Waals surface area contributed by atoms with Crippen LogP contribution in [0.4, 0.5) is 0 Å². The van der Waals surface area contributed by atoms with Gasteiger partial charge >= 0.3 is 0 Å². The smallest absolute Gasteiger partial charge is 0.0611 e. The number of hydrogen-bond donors (Lipinski definition) is 2. The number of aliphatic hydroxyl groups excluding tert-OH is 1. The van der Waals surface area contributed by atoms with Gasteiger partial charge in [-0.05, 0) is 46.3 Å². The molecule has 0 amide bonds. The van der Waals surface area contributed by atoms with Crippen LogP contribution in [0.2, 0.25) is 0 Å². The summed E-state index contributed by atoms with van der Waals surface area (Å²) in [5.41, 5.74) is -0.104. The van der Waals surface area contributed by atoms with Gasteiger partial charge in [0.1, 0.15) is 0 Å². The van der Waals surface area contributed by atoms with E-state index in [1.54, 1.807) is 0 Å². The molecule has 0 spiro atoms. The third-order valence-corrected chi connectivity index (χ3v) is 3.67. The van der Waals surface area contributed by atoms with Crippen LogP contribution < -0.4 is 5.32 Å². The van der Waals surface area contributed by atoms with Crippen molar-refractivity contribution in [2.24, 2.45) is 0 Å². The zero-order chi connectivity index (χ0) is 11.3. The minimum Gasteiger partial charge on any atom is -0.394 e. The van der Waals surface area contributed by atoms with E-state index in [0.717, 1.165) is 25.6 Å². The lowest BCUT2D eigenvalue weighted by Gasteiger charge is -2.37. The second kappa shape index (κ2) is 5.83. The Bertz CT molecular complexity index is 182. The summed E-state index contributed by atoms with van der Waals surface area (Å²) >= 11 is 0. The fourth-order valence-corrected chi connectivity index (χ4v) is 2.08. The van der Waals surface area contributed by atoms with Gasteiger partial charge < -0.3 is 15.3 Å². The molecule has 3 heteroatoms. The summed E-state index contributed by atoms with van der Waals surface area (Å²) in [4.78, 5) is 2.44. The first-order chi connectivity index (χ1) is 7.11. The van der Waals surface area contributed by atoms with Crippen LogP contribution in [0, 0.1) is 0 Å². The quantitative estimate of drug-likeness (QED) is 0.669. The largest absolute Gasteiger partial charge is 0.394 e. The van der Waals surface area contributed by atoms with E-state index in [1.807, 2.05) is 0 Å². The van der Waals surface area contributed by atoms with Crippen molar-refractivity contribution in [2.75, 3.05) is 26.7 Å². The Balaban J connectivity index is 2.25. The first-order valence-electron chi connectivity index (χ1n) is 6.17. The van der Waals surface area contributed by atoms with Crippen molar-refractivity contribution < 1.29 is 5.11 Å². The molecule has 1 fully saturated rings. The lowest BCUT2D eigenvalue weighted by molar-refractivity contribution is 0.117. The van der Waals surface area contributed by atoms with Crippen LogP contribution in [-0.2, 0) is 0 Å². The number of aliphatic hydroxyl groups is 1. The molecule has 0 aliphatic heterocycles. The maximum atomic E-state index is 9.36. The van der Waals surface area contributed by atoms with Crippen molar-refractivity contribution in [1.82, 2.24) is 10.2 Å². The Hall–Kier alpha value is -0.120. The predicted molar refractivity (Wildman–Crippen MR) is 64.1 cm³/mol. The molecule has 0 bridgehead atoms. The van der Waals surface area contributed by atoms with E-state index >= 15 is 0 Å². The van der Waals surface area contributed by atoms with E-state index in [2.05, 4.69) is 31.1 Å². The van der Waals surface area contributed by atoms with Gasteiger partial charge in [-0.1, -0.05) is 13.3 Å². The Kier molecular flexibility index (Phi) is 5.03. The maximum Gasteiger partial charge on any atom is 0.0611 e. The molecule has 0 aromatic rings. The highest BCUT2D eigenvalue weighted by Gasteiger charge is 2.26. The molecule has 0 aromatic carbocycles. The summed E-state index contributed by atoms with van der Waals surface area (Å²) in [6.45, 7) is 6.41. The summed E-state index contributed by atoms with van der Waals surface area (Å²) in [5, 5.41) is 12.7. The van der Waals surface area contributed by atoms with Gasteiger partial charge in [-0.3, -0.25) is 0 Å². The molecule has 3 nitrogen and oxygen atoms in total. The topological polar surface area (TPSA) is 35.5 Å². The first-order valence-corrected chi connectivity index (χ1v) is 6.17. The third kappa shape index (κ3) is 3.74. The van der Waals surface area contributed by atoms with E-state index in [4.69, 9.17) is 0 Å². The molecule has 0 radical (unpaired) electrons. The van der Waals surface area contributed by atoms with Gasteiger partial charge in [0, 0.05) is 11.6 Å². The van der Waals surface area contributed by atoms with Crippen molar-refractivity contribution in [3.05, 3.63) is 0 Å². The number of nitrogens with one attached hydrogen (secondary N) is 1. The Labute approximate surface area is 93.9 Å². The molecular formula is C12H26N2O. The molecule has 0 heterocycles. The SMILES string of the molecule is CCNC(C)(CO)CCN(C)C1CCC1. The zero-order valence-electron chi connectivity index (χ0n) is 10.4. The molecule has 90 valence electrons. The highest BCUT2D eigenvalue weighted by atomic mass is 16.3. The van der Waals surface area contributed by atoms with Crippen molar-refractivity contribution >= 4 is 0 Å². The Morgan fingerprint density at radius 2 is 2.13 bits per heavy atom. The average molecular weight is 214 g/mol. The van der Waals surface area contributed by atoms with E-state index in [-0.39, 0.29) is 12.1 Å². The number of hydrogen-bond acceptors (Lipinski definition) is 3. The minimum absolute atomic E-state index is 0.104. The molecule has 0 saturated heterocycles.